The first-order chi connectivity index (χ1) is 15.6. The number of ether oxygens (including phenoxy) is 1. The van der Waals surface area contributed by atoms with Crippen molar-refractivity contribution >= 4 is 23.5 Å². The van der Waals surface area contributed by atoms with E-state index in [0.717, 1.165) is 25.1 Å². The van der Waals surface area contributed by atoms with Gasteiger partial charge in [0, 0.05) is 42.5 Å². The van der Waals surface area contributed by atoms with Crippen molar-refractivity contribution in [1.82, 2.24) is 15.3 Å². The highest BCUT2D eigenvalue weighted by Gasteiger charge is 2.34. The lowest BCUT2D eigenvalue weighted by molar-refractivity contribution is -0.137. The number of amides is 2. The molecule has 2 aromatic rings. The minimum atomic E-state index is -4.51. The van der Waals surface area contributed by atoms with E-state index in [1.165, 1.54) is 13.2 Å². The summed E-state index contributed by atoms with van der Waals surface area (Å²) in [7, 11) is 1.29. The molecule has 0 spiro atoms. The molecule has 0 aromatic carbocycles. The Hall–Kier alpha value is -3.37. The van der Waals surface area contributed by atoms with Crippen molar-refractivity contribution in [2.45, 2.75) is 38.4 Å². The number of halogens is 3. The molecular formula is C22H24F3N5O3. The number of aryl methyl sites for hydroxylation is 1. The molecule has 33 heavy (non-hydrogen) atoms. The lowest BCUT2D eigenvalue weighted by Crippen LogP contribution is -2.37. The summed E-state index contributed by atoms with van der Waals surface area (Å²) in [6, 6.07) is 3.86. The van der Waals surface area contributed by atoms with Gasteiger partial charge in [-0.3, -0.25) is 9.59 Å². The molecule has 2 aromatic heterocycles. The van der Waals surface area contributed by atoms with E-state index < -0.39 is 11.7 Å². The van der Waals surface area contributed by atoms with Crippen LogP contribution in [0.15, 0.2) is 24.4 Å². The summed E-state index contributed by atoms with van der Waals surface area (Å²) >= 11 is 0. The fourth-order valence-electron chi connectivity index (χ4n) is 3.76. The van der Waals surface area contributed by atoms with Gasteiger partial charge < -0.3 is 20.3 Å². The number of nitrogens with one attached hydrogen (secondary N) is 2. The van der Waals surface area contributed by atoms with Gasteiger partial charge in [-0.1, -0.05) is 0 Å². The summed E-state index contributed by atoms with van der Waals surface area (Å²) in [5, 5.41) is 5.69. The zero-order valence-corrected chi connectivity index (χ0v) is 18.2. The van der Waals surface area contributed by atoms with Crippen LogP contribution in [-0.4, -0.2) is 48.0 Å². The second-order valence-electron chi connectivity index (χ2n) is 8.30. The fraction of sp³-hybridized carbons (Fsp3) is 0.455. The van der Waals surface area contributed by atoms with Crippen molar-refractivity contribution in [3.63, 3.8) is 0 Å². The van der Waals surface area contributed by atoms with E-state index >= 15 is 0 Å². The molecule has 11 heteroatoms. The van der Waals surface area contributed by atoms with Gasteiger partial charge in [0.05, 0.1) is 12.7 Å². The van der Waals surface area contributed by atoms with Crippen LogP contribution in [-0.2, 0) is 11.0 Å². The number of hydrogen-bond donors (Lipinski definition) is 2. The van der Waals surface area contributed by atoms with Crippen LogP contribution >= 0.6 is 0 Å². The topological polar surface area (TPSA) is 96.4 Å². The molecule has 0 radical (unpaired) electrons. The standard InChI is InChI=1S/C22H24F3N5O3/c1-12-7-14(8-18(27-12)29-20(31)13-3-4-13)21(32)28-16-5-6-30(11-16)19-17(33-2)9-15(10-26-19)22(23,24)25/h7-10,13,16H,3-6,11H2,1-2H3,(H,28,32)(H,27,29,31). The van der Waals surface area contributed by atoms with Gasteiger partial charge in [-0.25, -0.2) is 9.97 Å². The zero-order valence-electron chi connectivity index (χ0n) is 18.2. The molecule has 2 amide bonds. The highest BCUT2D eigenvalue weighted by atomic mass is 19.4. The minimum absolute atomic E-state index is 0.0184. The summed E-state index contributed by atoms with van der Waals surface area (Å²) in [6.45, 7) is 2.61. The number of methoxy groups -OCH3 is 1. The van der Waals surface area contributed by atoms with Crippen LogP contribution in [0, 0.1) is 12.8 Å². The summed E-state index contributed by atoms with van der Waals surface area (Å²) in [6.07, 6.45) is -1.42. The monoisotopic (exact) mass is 463 g/mol. The number of pyridine rings is 2. The number of aromatic nitrogens is 2. The molecule has 4 rings (SSSR count). The van der Waals surface area contributed by atoms with Crippen LogP contribution in [0.4, 0.5) is 24.8 Å². The normalized spacial score (nSPS) is 18.2. The third kappa shape index (κ3) is 5.35. The van der Waals surface area contributed by atoms with Gasteiger partial charge in [0.15, 0.2) is 11.6 Å². The molecule has 1 saturated heterocycles. The van der Waals surface area contributed by atoms with Crippen LogP contribution in [0.3, 0.4) is 0 Å². The molecule has 1 atom stereocenters. The van der Waals surface area contributed by atoms with Gasteiger partial charge >= 0.3 is 6.18 Å². The lowest BCUT2D eigenvalue weighted by Gasteiger charge is -2.21. The first-order valence-corrected chi connectivity index (χ1v) is 10.6. The van der Waals surface area contributed by atoms with Crippen molar-refractivity contribution in [1.29, 1.82) is 0 Å². The molecule has 176 valence electrons. The van der Waals surface area contributed by atoms with Crippen LogP contribution in [0.5, 0.6) is 5.75 Å². The molecule has 3 heterocycles. The second-order valence-corrected chi connectivity index (χ2v) is 8.30. The molecule has 2 fully saturated rings. The van der Waals surface area contributed by atoms with Gasteiger partial charge in [0.1, 0.15) is 5.82 Å². The van der Waals surface area contributed by atoms with E-state index in [1.807, 2.05) is 0 Å². The number of carbonyl (C=O) groups excluding carboxylic acids is 2. The van der Waals surface area contributed by atoms with Gasteiger partial charge in [-0.2, -0.15) is 13.2 Å². The number of carbonyl (C=O) groups is 2. The van der Waals surface area contributed by atoms with Crippen molar-refractivity contribution in [2.75, 3.05) is 30.4 Å². The molecule has 1 saturated carbocycles. The van der Waals surface area contributed by atoms with Crippen LogP contribution in [0.2, 0.25) is 0 Å². The summed E-state index contributed by atoms with van der Waals surface area (Å²) < 4.78 is 44.0. The van der Waals surface area contributed by atoms with E-state index in [0.29, 0.717) is 42.4 Å². The van der Waals surface area contributed by atoms with Crippen molar-refractivity contribution in [3.05, 3.63) is 41.2 Å². The molecule has 2 aliphatic rings. The number of anilines is 2. The van der Waals surface area contributed by atoms with E-state index in [1.54, 1.807) is 17.9 Å². The summed E-state index contributed by atoms with van der Waals surface area (Å²) in [4.78, 5) is 34.8. The number of hydrogen-bond acceptors (Lipinski definition) is 6. The fourth-order valence-corrected chi connectivity index (χ4v) is 3.76. The molecular weight excluding hydrogens is 439 g/mol. The van der Waals surface area contributed by atoms with Gasteiger partial charge in [0.2, 0.25) is 5.91 Å². The number of rotatable bonds is 6. The van der Waals surface area contributed by atoms with Gasteiger partial charge in [0.25, 0.3) is 5.91 Å². The molecule has 8 nitrogen and oxygen atoms in total. The first kappa shape index (κ1) is 22.8. The Morgan fingerprint density at radius 1 is 1.18 bits per heavy atom. The van der Waals surface area contributed by atoms with Crippen molar-refractivity contribution in [3.8, 4) is 5.75 Å². The van der Waals surface area contributed by atoms with Crippen LogP contribution in [0.25, 0.3) is 0 Å². The lowest BCUT2D eigenvalue weighted by atomic mass is 10.2. The predicted molar refractivity (Wildman–Crippen MR) is 114 cm³/mol. The quantitative estimate of drug-likeness (QED) is 0.683. The maximum atomic E-state index is 13.0. The smallest absolute Gasteiger partial charge is 0.418 e. The van der Waals surface area contributed by atoms with E-state index in [4.69, 9.17) is 4.74 Å². The average molecular weight is 463 g/mol. The van der Waals surface area contributed by atoms with Crippen LogP contribution in [0.1, 0.15) is 40.9 Å². The molecule has 0 bridgehead atoms. The maximum absolute atomic E-state index is 13.0. The molecule has 1 aliphatic carbocycles. The third-order valence-electron chi connectivity index (χ3n) is 5.62. The Labute approximate surface area is 188 Å². The highest BCUT2D eigenvalue weighted by molar-refractivity contribution is 5.97. The highest BCUT2D eigenvalue weighted by Crippen LogP contribution is 2.36. The minimum Gasteiger partial charge on any atom is -0.493 e. The molecule has 1 aliphatic heterocycles. The maximum Gasteiger partial charge on any atom is 0.418 e. The van der Waals surface area contributed by atoms with Gasteiger partial charge in [-0.05, 0) is 44.4 Å². The zero-order chi connectivity index (χ0) is 23.8. The Balaban J connectivity index is 1.42. The number of alkyl halides is 3. The second kappa shape index (κ2) is 8.87. The average Bonchev–Trinajstić information content (AvgIpc) is 3.52. The van der Waals surface area contributed by atoms with Crippen molar-refractivity contribution in [2.24, 2.45) is 5.92 Å². The Bertz CT molecular complexity index is 1070. The van der Waals surface area contributed by atoms with Gasteiger partial charge in [-0.15, -0.1) is 0 Å². The summed E-state index contributed by atoms with van der Waals surface area (Å²) in [5.74, 6) is 0.267. The van der Waals surface area contributed by atoms with E-state index in [-0.39, 0.29) is 29.5 Å². The third-order valence-corrected chi connectivity index (χ3v) is 5.62. The SMILES string of the molecule is COc1cc(C(F)(F)F)cnc1N1CCC(NC(=O)c2cc(C)nc(NC(=O)C3CC3)c2)C1. The van der Waals surface area contributed by atoms with E-state index in [2.05, 4.69) is 20.6 Å². The predicted octanol–water partition coefficient (Wildman–Crippen LogP) is 3.17. The molecule has 1 unspecified atom stereocenters. The Kier molecular flexibility index (Phi) is 6.13. The molecule has 2 N–H and O–H groups in total. The first-order valence-electron chi connectivity index (χ1n) is 10.6. The largest absolute Gasteiger partial charge is 0.493 e. The van der Waals surface area contributed by atoms with Crippen molar-refractivity contribution < 1.29 is 27.5 Å². The Morgan fingerprint density at radius 2 is 1.94 bits per heavy atom. The Morgan fingerprint density at radius 3 is 2.61 bits per heavy atom. The number of nitrogens with zero attached hydrogens (tertiary/aromatic N) is 3. The summed E-state index contributed by atoms with van der Waals surface area (Å²) in [5.41, 5.74) is 0.0857. The van der Waals surface area contributed by atoms with Crippen LogP contribution < -0.4 is 20.3 Å². The van der Waals surface area contributed by atoms with E-state index in [9.17, 15) is 22.8 Å².